The Morgan fingerprint density at radius 3 is 3.00 bits per heavy atom. The molecule has 0 saturated heterocycles. The molecule has 3 nitrogen and oxygen atoms in total. The van der Waals surface area contributed by atoms with E-state index in [0.717, 1.165) is 10.8 Å². The molecule has 2 aromatic rings. The van der Waals surface area contributed by atoms with Crippen LogP contribution in [0.25, 0.3) is 10.8 Å². The van der Waals surface area contributed by atoms with Crippen molar-refractivity contribution in [1.29, 1.82) is 0 Å². The van der Waals surface area contributed by atoms with Gasteiger partial charge in [-0.05, 0) is 11.5 Å². The smallest absolute Gasteiger partial charge is 0.338 e. The molecule has 0 aliphatic heterocycles. The maximum atomic E-state index is 11.3. The first-order valence-corrected chi connectivity index (χ1v) is 3.97. The van der Waals surface area contributed by atoms with Crippen LogP contribution in [0, 0.1) is 0 Å². The van der Waals surface area contributed by atoms with Crippen molar-refractivity contribution in [2.75, 3.05) is 7.11 Å². The quantitative estimate of drug-likeness (QED) is 0.673. The predicted octanol–water partition coefficient (Wildman–Crippen LogP) is 1.95. The van der Waals surface area contributed by atoms with Crippen molar-refractivity contribution in [3.63, 3.8) is 0 Å². The summed E-state index contributed by atoms with van der Waals surface area (Å²) in [5.41, 5.74) is 0.598. The molecule has 0 aliphatic carbocycles. The standard InChI is InChI=1S/C10H9NO2/c1-13-10(12)8-4-2-3-7-5-11-6-9(7)8/h2-6,11H,1H3. The number of aromatic nitrogens is 1. The van der Waals surface area contributed by atoms with Gasteiger partial charge >= 0.3 is 5.97 Å². The van der Waals surface area contributed by atoms with Crippen LogP contribution in [-0.4, -0.2) is 18.1 Å². The first-order valence-electron chi connectivity index (χ1n) is 3.97. The van der Waals surface area contributed by atoms with Crippen LogP contribution < -0.4 is 0 Å². The SMILES string of the molecule is COC(=O)c1cccc2c[nH]cc12. The summed E-state index contributed by atoms with van der Waals surface area (Å²) in [6, 6.07) is 5.53. The van der Waals surface area contributed by atoms with E-state index in [1.807, 2.05) is 18.3 Å². The fourth-order valence-corrected chi connectivity index (χ4v) is 1.37. The molecule has 2 rings (SSSR count). The number of aromatic amines is 1. The van der Waals surface area contributed by atoms with Gasteiger partial charge in [0, 0.05) is 17.8 Å². The van der Waals surface area contributed by atoms with Crippen molar-refractivity contribution in [3.05, 3.63) is 36.2 Å². The molecule has 1 aromatic carbocycles. The normalized spacial score (nSPS) is 10.2. The molecule has 66 valence electrons. The van der Waals surface area contributed by atoms with Crippen LogP contribution in [0.3, 0.4) is 0 Å². The van der Waals surface area contributed by atoms with Crippen molar-refractivity contribution in [2.24, 2.45) is 0 Å². The summed E-state index contributed by atoms with van der Waals surface area (Å²) in [4.78, 5) is 14.2. The Morgan fingerprint density at radius 1 is 1.38 bits per heavy atom. The number of rotatable bonds is 1. The minimum atomic E-state index is -0.301. The minimum absolute atomic E-state index is 0.301. The maximum absolute atomic E-state index is 11.3. The van der Waals surface area contributed by atoms with Gasteiger partial charge in [-0.25, -0.2) is 4.79 Å². The summed E-state index contributed by atoms with van der Waals surface area (Å²) in [7, 11) is 1.38. The Labute approximate surface area is 75.3 Å². The Bertz CT molecular complexity index is 445. The van der Waals surface area contributed by atoms with Crippen LogP contribution in [0.2, 0.25) is 0 Å². The third-order valence-electron chi connectivity index (χ3n) is 2.01. The molecule has 0 spiro atoms. The number of hydrogen-bond donors (Lipinski definition) is 1. The number of hydrogen-bond acceptors (Lipinski definition) is 2. The van der Waals surface area contributed by atoms with E-state index in [0.29, 0.717) is 5.56 Å². The summed E-state index contributed by atoms with van der Waals surface area (Å²) in [5.74, 6) is -0.301. The Morgan fingerprint density at radius 2 is 2.23 bits per heavy atom. The summed E-state index contributed by atoms with van der Waals surface area (Å²) in [6.45, 7) is 0. The Hall–Kier alpha value is -1.77. The summed E-state index contributed by atoms with van der Waals surface area (Å²) in [6.07, 6.45) is 3.64. The molecule has 0 aliphatic rings. The van der Waals surface area contributed by atoms with Crippen molar-refractivity contribution in [2.45, 2.75) is 0 Å². The van der Waals surface area contributed by atoms with E-state index in [4.69, 9.17) is 0 Å². The number of fused-ring (bicyclic) bond motifs is 1. The first kappa shape index (κ1) is 7.86. The third kappa shape index (κ3) is 1.18. The van der Waals surface area contributed by atoms with Crippen LogP contribution in [0.1, 0.15) is 10.4 Å². The van der Waals surface area contributed by atoms with Crippen molar-refractivity contribution in [3.8, 4) is 0 Å². The van der Waals surface area contributed by atoms with Gasteiger partial charge in [-0.3, -0.25) is 0 Å². The molecule has 0 fully saturated rings. The molecule has 1 N–H and O–H groups in total. The number of benzene rings is 1. The molecule has 0 saturated carbocycles. The summed E-state index contributed by atoms with van der Waals surface area (Å²) >= 11 is 0. The van der Waals surface area contributed by atoms with E-state index in [9.17, 15) is 4.79 Å². The van der Waals surface area contributed by atoms with E-state index >= 15 is 0 Å². The number of methoxy groups -OCH3 is 1. The Balaban J connectivity index is 2.67. The molecule has 1 heterocycles. The van der Waals surface area contributed by atoms with Gasteiger partial charge in [0.15, 0.2) is 0 Å². The van der Waals surface area contributed by atoms with Gasteiger partial charge in [0.25, 0.3) is 0 Å². The monoisotopic (exact) mass is 175 g/mol. The lowest BCUT2D eigenvalue weighted by Gasteiger charge is -1.99. The highest BCUT2D eigenvalue weighted by Gasteiger charge is 2.09. The average Bonchev–Trinajstić information content (AvgIpc) is 2.63. The topological polar surface area (TPSA) is 42.1 Å². The van der Waals surface area contributed by atoms with Crippen LogP contribution in [-0.2, 0) is 4.74 Å². The van der Waals surface area contributed by atoms with E-state index in [-0.39, 0.29) is 5.97 Å². The van der Waals surface area contributed by atoms with Gasteiger partial charge in [0.05, 0.1) is 12.7 Å². The zero-order valence-electron chi connectivity index (χ0n) is 7.20. The molecule has 0 bridgehead atoms. The van der Waals surface area contributed by atoms with Gasteiger partial charge in [-0.15, -0.1) is 0 Å². The van der Waals surface area contributed by atoms with Crippen LogP contribution in [0.4, 0.5) is 0 Å². The van der Waals surface area contributed by atoms with E-state index in [2.05, 4.69) is 9.72 Å². The molecule has 0 amide bonds. The average molecular weight is 175 g/mol. The lowest BCUT2D eigenvalue weighted by Crippen LogP contribution is -2.00. The molecule has 3 heteroatoms. The van der Waals surface area contributed by atoms with E-state index < -0.39 is 0 Å². The van der Waals surface area contributed by atoms with E-state index in [1.165, 1.54) is 7.11 Å². The maximum Gasteiger partial charge on any atom is 0.338 e. The highest BCUT2D eigenvalue weighted by molar-refractivity contribution is 6.04. The van der Waals surface area contributed by atoms with Crippen molar-refractivity contribution >= 4 is 16.7 Å². The highest BCUT2D eigenvalue weighted by atomic mass is 16.5. The number of carbonyl (C=O) groups is 1. The molecule has 0 atom stereocenters. The second kappa shape index (κ2) is 2.94. The first-order chi connectivity index (χ1) is 6.33. The van der Waals surface area contributed by atoms with Crippen LogP contribution >= 0.6 is 0 Å². The second-order valence-corrected chi connectivity index (χ2v) is 2.76. The lowest BCUT2D eigenvalue weighted by atomic mass is 10.1. The van der Waals surface area contributed by atoms with Gasteiger partial charge in [-0.1, -0.05) is 12.1 Å². The Kier molecular flexibility index (Phi) is 1.77. The minimum Gasteiger partial charge on any atom is -0.465 e. The molecule has 0 radical (unpaired) electrons. The number of esters is 1. The molecular formula is C10H9NO2. The second-order valence-electron chi connectivity index (χ2n) is 2.76. The van der Waals surface area contributed by atoms with Crippen molar-refractivity contribution < 1.29 is 9.53 Å². The van der Waals surface area contributed by atoms with E-state index in [1.54, 1.807) is 12.3 Å². The molecule has 1 aromatic heterocycles. The van der Waals surface area contributed by atoms with Crippen LogP contribution in [0.15, 0.2) is 30.6 Å². The zero-order valence-corrected chi connectivity index (χ0v) is 7.20. The fourth-order valence-electron chi connectivity index (χ4n) is 1.37. The fraction of sp³-hybridized carbons (Fsp3) is 0.100. The largest absolute Gasteiger partial charge is 0.465 e. The van der Waals surface area contributed by atoms with Gasteiger partial charge in [-0.2, -0.15) is 0 Å². The summed E-state index contributed by atoms with van der Waals surface area (Å²) < 4.78 is 4.66. The summed E-state index contributed by atoms with van der Waals surface area (Å²) in [5, 5.41) is 1.91. The number of carbonyl (C=O) groups excluding carboxylic acids is 1. The predicted molar refractivity (Wildman–Crippen MR) is 49.6 cm³/mol. The van der Waals surface area contributed by atoms with Gasteiger partial charge in [0.1, 0.15) is 0 Å². The lowest BCUT2D eigenvalue weighted by molar-refractivity contribution is 0.0603. The number of ether oxygens (including phenoxy) is 1. The van der Waals surface area contributed by atoms with Gasteiger partial charge < -0.3 is 9.72 Å². The number of H-pyrrole nitrogens is 1. The molecule has 13 heavy (non-hydrogen) atoms. The van der Waals surface area contributed by atoms with Gasteiger partial charge in [0.2, 0.25) is 0 Å². The van der Waals surface area contributed by atoms with Crippen molar-refractivity contribution in [1.82, 2.24) is 4.98 Å². The highest BCUT2D eigenvalue weighted by Crippen LogP contribution is 2.18. The molecular weight excluding hydrogens is 166 g/mol. The third-order valence-corrected chi connectivity index (χ3v) is 2.01. The number of nitrogens with one attached hydrogen (secondary N) is 1. The molecule has 0 unspecified atom stereocenters. The zero-order chi connectivity index (χ0) is 9.26. The van der Waals surface area contributed by atoms with Crippen LogP contribution in [0.5, 0.6) is 0 Å².